The lowest BCUT2D eigenvalue weighted by Gasteiger charge is -2.15. The lowest BCUT2D eigenvalue weighted by molar-refractivity contribution is -0.137. The number of alkyl halides is 3. The van der Waals surface area contributed by atoms with E-state index >= 15 is 0 Å². The topological polar surface area (TPSA) is 85.6 Å². The maximum Gasteiger partial charge on any atom is 0.416 e. The lowest BCUT2D eigenvalue weighted by Crippen LogP contribution is -2.20. The van der Waals surface area contributed by atoms with Gasteiger partial charge in [0, 0.05) is 23.1 Å². The number of halogens is 3. The first-order valence-corrected chi connectivity index (χ1v) is 10.5. The van der Waals surface area contributed by atoms with Crippen molar-refractivity contribution in [2.24, 2.45) is 4.99 Å². The van der Waals surface area contributed by atoms with Crippen molar-refractivity contribution in [2.75, 3.05) is 0 Å². The smallest absolute Gasteiger partial charge is 0.416 e. The number of pyridine rings is 1. The largest absolute Gasteiger partial charge is 0.494 e. The van der Waals surface area contributed by atoms with Crippen LogP contribution in [0, 0.1) is 0 Å². The van der Waals surface area contributed by atoms with Crippen molar-refractivity contribution >= 4 is 22.8 Å². The minimum Gasteiger partial charge on any atom is -0.494 e. The Kier molecular flexibility index (Phi) is 5.48. The van der Waals surface area contributed by atoms with Gasteiger partial charge in [0.2, 0.25) is 5.88 Å². The van der Waals surface area contributed by atoms with Crippen LogP contribution < -0.4 is 5.56 Å². The zero-order valence-electron chi connectivity index (χ0n) is 18.0. The molecule has 1 N–H and O–H groups in total. The van der Waals surface area contributed by atoms with E-state index in [2.05, 4.69) is 10.1 Å². The molecule has 7 nitrogen and oxygen atoms in total. The Bertz CT molecular complexity index is 1600. The van der Waals surface area contributed by atoms with E-state index in [0.717, 1.165) is 16.7 Å². The highest BCUT2D eigenvalue weighted by Gasteiger charge is 2.31. The molecule has 3 heterocycles. The molecule has 10 heteroatoms. The molecule has 0 fully saturated rings. The van der Waals surface area contributed by atoms with E-state index in [0.29, 0.717) is 23.5 Å². The number of hydrogen-bond acceptors (Lipinski definition) is 5. The Labute approximate surface area is 196 Å². The molecule has 0 amide bonds. The van der Waals surface area contributed by atoms with Gasteiger partial charge in [-0.25, -0.2) is 14.2 Å². The van der Waals surface area contributed by atoms with E-state index in [4.69, 9.17) is 4.42 Å². The van der Waals surface area contributed by atoms with Crippen molar-refractivity contribution in [3.63, 3.8) is 0 Å². The summed E-state index contributed by atoms with van der Waals surface area (Å²) in [5.74, 6) is 0.576. The van der Waals surface area contributed by atoms with E-state index in [9.17, 15) is 23.1 Å². The highest BCUT2D eigenvalue weighted by atomic mass is 19.4. The van der Waals surface area contributed by atoms with Crippen LogP contribution in [0.15, 0.2) is 93.4 Å². The first-order valence-electron chi connectivity index (χ1n) is 10.5. The second kappa shape index (κ2) is 8.64. The van der Waals surface area contributed by atoms with E-state index in [1.54, 1.807) is 59.6 Å². The van der Waals surface area contributed by atoms with Gasteiger partial charge in [-0.05, 0) is 36.4 Å². The van der Waals surface area contributed by atoms with Gasteiger partial charge in [0.15, 0.2) is 5.82 Å². The van der Waals surface area contributed by atoms with Crippen LogP contribution >= 0.6 is 0 Å². The predicted molar refractivity (Wildman–Crippen MR) is 124 cm³/mol. The van der Waals surface area contributed by atoms with Crippen LogP contribution in [0.1, 0.15) is 16.9 Å². The van der Waals surface area contributed by atoms with E-state index in [1.807, 2.05) is 0 Å². The summed E-state index contributed by atoms with van der Waals surface area (Å²) in [5.41, 5.74) is -1.54. The number of hydrogen-bond donors (Lipinski definition) is 1. The van der Waals surface area contributed by atoms with Crippen LogP contribution in [-0.4, -0.2) is 25.7 Å². The summed E-state index contributed by atoms with van der Waals surface area (Å²) in [4.78, 5) is 17.6. The molecule has 0 bridgehead atoms. The normalized spacial score (nSPS) is 12.1. The van der Waals surface area contributed by atoms with Gasteiger partial charge >= 0.3 is 6.18 Å². The molecule has 176 valence electrons. The zero-order valence-corrected chi connectivity index (χ0v) is 18.0. The van der Waals surface area contributed by atoms with Crippen LogP contribution in [0.5, 0.6) is 5.88 Å². The highest BCUT2D eigenvalue weighted by molar-refractivity contribution is 6.02. The first-order chi connectivity index (χ1) is 16.8. The van der Waals surface area contributed by atoms with E-state index < -0.39 is 23.2 Å². The minimum atomic E-state index is -4.61. The Hall–Kier alpha value is -4.60. The summed E-state index contributed by atoms with van der Waals surface area (Å²) in [7, 11) is 0. The third-order valence-electron chi connectivity index (χ3n) is 5.44. The molecule has 0 unspecified atom stereocenters. The van der Waals surface area contributed by atoms with Crippen molar-refractivity contribution in [2.45, 2.75) is 12.7 Å². The van der Waals surface area contributed by atoms with Gasteiger partial charge in [-0.15, -0.1) is 0 Å². The molecule has 5 rings (SSSR count). The van der Waals surface area contributed by atoms with Gasteiger partial charge in [-0.3, -0.25) is 4.79 Å². The van der Waals surface area contributed by atoms with Gasteiger partial charge in [0.05, 0.1) is 29.3 Å². The molecule has 0 saturated carbocycles. The van der Waals surface area contributed by atoms with Crippen LogP contribution in [0.4, 0.5) is 19.0 Å². The summed E-state index contributed by atoms with van der Waals surface area (Å²) in [6, 6.07) is 15.9. The minimum absolute atomic E-state index is 0.120. The fraction of sp³-hybridized carbons (Fsp3) is 0.0800. The number of furan rings is 1. The van der Waals surface area contributed by atoms with Crippen LogP contribution in [-0.2, 0) is 12.7 Å². The van der Waals surface area contributed by atoms with Crippen molar-refractivity contribution in [3.8, 4) is 11.6 Å². The Morgan fingerprint density at radius 2 is 1.83 bits per heavy atom. The molecule has 0 radical (unpaired) electrons. The van der Waals surface area contributed by atoms with Crippen molar-refractivity contribution in [1.82, 2.24) is 14.3 Å². The quantitative estimate of drug-likeness (QED) is 0.347. The SMILES string of the molecule is O=c1c2ccccc2c(/C=N/c2ccnn2Cc2ccco2)c(O)n1-c1cccc(C(F)(F)F)c1. The van der Waals surface area contributed by atoms with Gasteiger partial charge < -0.3 is 9.52 Å². The number of aromatic hydroxyl groups is 1. The number of fused-ring (bicyclic) bond motifs is 1. The Morgan fingerprint density at radius 1 is 1.03 bits per heavy atom. The lowest BCUT2D eigenvalue weighted by atomic mass is 10.1. The predicted octanol–water partition coefficient (Wildman–Crippen LogP) is 5.30. The number of aliphatic imine (C=N–C) groups is 1. The second-order valence-corrected chi connectivity index (χ2v) is 7.66. The van der Waals surface area contributed by atoms with Crippen molar-refractivity contribution < 1.29 is 22.7 Å². The molecule has 5 aromatic rings. The third kappa shape index (κ3) is 4.21. The van der Waals surface area contributed by atoms with Crippen LogP contribution in [0.2, 0.25) is 0 Å². The maximum atomic E-state index is 13.3. The highest BCUT2D eigenvalue weighted by Crippen LogP contribution is 2.32. The van der Waals surface area contributed by atoms with Gasteiger partial charge in [0.1, 0.15) is 12.3 Å². The van der Waals surface area contributed by atoms with Gasteiger partial charge in [-0.2, -0.15) is 18.3 Å². The Morgan fingerprint density at radius 3 is 2.57 bits per heavy atom. The van der Waals surface area contributed by atoms with E-state index in [-0.39, 0.29) is 16.6 Å². The third-order valence-corrected chi connectivity index (χ3v) is 5.44. The number of aromatic nitrogens is 3. The molecule has 2 aromatic carbocycles. The molecule has 0 atom stereocenters. The molecule has 0 aliphatic heterocycles. The molecular weight excluding hydrogens is 461 g/mol. The number of rotatable bonds is 5. The van der Waals surface area contributed by atoms with Crippen molar-refractivity contribution in [1.29, 1.82) is 0 Å². The second-order valence-electron chi connectivity index (χ2n) is 7.66. The standard InChI is InChI=1S/C25H17F3N4O3/c26-25(27,28)16-5-3-6-17(13-16)32-23(33)20-9-2-1-8-19(20)21(24(32)34)14-29-22-10-11-30-31(22)15-18-7-4-12-35-18/h1-14,34H,15H2/b29-14+. The molecule has 0 spiro atoms. The summed E-state index contributed by atoms with van der Waals surface area (Å²) < 4.78 is 47.6. The molecule has 35 heavy (non-hydrogen) atoms. The van der Waals surface area contributed by atoms with Crippen molar-refractivity contribution in [3.05, 3.63) is 106 Å². The van der Waals surface area contributed by atoms with E-state index in [1.165, 1.54) is 18.3 Å². The average molecular weight is 478 g/mol. The van der Waals surface area contributed by atoms with Crippen LogP contribution in [0.25, 0.3) is 16.5 Å². The first kappa shape index (κ1) is 22.2. The monoisotopic (exact) mass is 478 g/mol. The van der Waals surface area contributed by atoms with Gasteiger partial charge in [-0.1, -0.05) is 24.3 Å². The van der Waals surface area contributed by atoms with Gasteiger partial charge in [0.25, 0.3) is 5.56 Å². The Balaban J connectivity index is 1.65. The average Bonchev–Trinajstić information content (AvgIpc) is 3.51. The number of benzene rings is 2. The summed E-state index contributed by atoms with van der Waals surface area (Å²) in [6.07, 6.45) is -0.153. The molecule has 0 saturated heterocycles. The summed E-state index contributed by atoms with van der Waals surface area (Å²) in [6.45, 7) is 0.323. The molecule has 0 aliphatic rings. The fourth-order valence-electron chi connectivity index (χ4n) is 3.79. The molecule has 0 aliphatic carbocycles. The number of nitrogens with zero attached hydrogens (tertiary/aromatic N) is 4. The summed E-state index contributed by atoms with van der Waals surface area (Å²) >= 11 is 0. The fourth-order valence-corrected chi connectivity index (χ4v) is 3.79. The summed E-state index contributed by atoms with van der Waals surface area (Å²) in [5, 5.41) is 15.9. The molecular formula is C25H17F3N4O3. The molecule has 3 aromatic heterocycles. The maximum absolute atomic E-state index is 13.3. The zero-order chi connectivity index (χ0) is 24.6. The van der Waals surface area contributed by atoms with Crippen LogP contribution in [0.3, 0.4) is 0 Å².